The zero-order valence-electron chi connectivity index (χ0n) is 36.1. The number of hydrogen-bond acceptors (Lipinski definition) is 4. The molecule has 0 aliphatic carbocycles. The second-order valence-electron chi connectivity index (χ2n) is 14.3. The van der Waals surface area contributed by atoms with Gasteiger partial charge in [0.05, 0.1) is 23.3 Å². The van der Waals surface area contributed by atoms with Gasteiger partial charge in [-0.2, -0.15) is 16.9 Å². The third kappa shape index (κ3) is 20.4. The molecule has 0 radical (unpaired) electrons. The molecule has 7 rings (SSSR count). The van der Waals surface area contributed by atoms with Crippen molar-refractivity contribution in [3.8, 4) is 12.1 Å². The Morgan fingerprint density at radius 2 is 1.03 bits per heavy atom. The topological polar surface area (TPSA) is 68.8 Å². The van der Waals surface area contributed by atoms with Crippen LogP contribution in [-0.4, -0.2) is 25.3 Å². The minimum absolute atomic E-state index is 0. The van der Waals surface area contributed by atoms with Crippen molar-refractivity contribution in [1.82, 2.24) is 5.32 Å². The maximum Gasteiger partial charge on any atom is 1.00 e. The molecule has 1 heterocycles. The van der Waals surface area contributed by atoms with E-state index in [1.54, 1.807) is 0 Å². The van der Waals surface area contributed by atoms with E-state index in [4.69, 9.17) is 26.9 Å². The molecule has 0 amide bonds. The van der Waals surface area contributed by atoms with Gasteiger partial charge in [0.15, 0.2) is 0 Å². The molecular weight excluding hydrogens is 725 g/mol. The number of aryl methyl sites for hydroxylation is 3. The number of hydrogen-bond donors (Lipinski definition) is 1. The number of nitrogens with one attached hydrogen (secondary N) is 1. The molecule has 1 aliphatic heterocycles. The van der Waals surface area contributed by atoms with Crippen molar-refractivity contribution in [1.29, 1.82) is 10.5 Å². The van der Waals surface area contributed by atoms with E-state index in [-0.39, 0.29) is 18.9 Å². The predicted molar refractivity (Wildman–Crippen MR) is 246 cm³/mol. The van der Waals surface area contributed by atoms with Crippen molar-refractivity contribution in [3.05, 3.63) is 174 Å². The minimum atomic E-state index is 0. The van der Waals surface area contributed by atoms with E-state index in [0.29, 0.717) is 18.0 Å². The van der Waals surface area contributed by atoms with E-state index in [9.17, 15) is 0 Å². The van der Waals surface area contributed by atoms with Crippen LogP contribution >= 0.6 is 11.6 Å². The summed E-state index contributed by atoms with van der Waals surface area (Å²) in [6.45, 7) is 18.3. The molecule has 0 spiro atoms. The number of ether oxygens (including phenoxy) is 1. The molecule has 0 saturated carbocycles. The van der Waals surface area contributed by atoms with Crippen molar-refractivity contribution in [3.63, 3.8) is 0 Å². The Morgan fingerprint density at radius 3 is 1.47 bits per heavy atom. The standard InChI is InChI=1S/C19H15N.C11H9Cl.C8H7N.C6H15N.C4H8O.C4H9.Li/c20-14-18-8-2-1-6-15(18)12-13-17-10-5-9-16-7-3-4-11-19(16)17;12-8-10-6-3-5-9-4-1-2-7-11(9)10;1-7-4-2-3-5-8(7)6-9;1-5(2)7-6(3)4;1-2-4-5-3-1;1-3-4-2;/h1-11H,12-13H2;1-7H,8H2;2-5H,1H3;5-7H,1-4H3;1-4H2;1,3-4H2,2H3;/q;;;;;-1;+1. The molecule has 1 aliphatic rings. The Morgan fingerprint density at radius 1 is 0.621 bits per heavy atom. The molecule has 1 saturated heterocycles. The van der Waals surface area contributed by atoms with Gasteiger partial charge in [-0.25, -0.2) is 0 Å². The summed E-state index contributed by atoms with van der Waals surface area (Å²) in [6.07, 6.45) is 6.69. The molecule has 6 aromatic rings. The second kappa shape index (κ2) is 31.6. The van der Waals surface area contributed by atoms with Crippen LogP contribution in [0.2, 0.25) is 0 Å². The van der Waals surface area contributed by atoms with Gasteiger partial charge in [0.1, 0.15) is 0 Å². The fourth-order valence-corrected chi connectivity index (χ4v) is 6.14. The van der Waals surface area contributed by atoms with E-state index in [1.165, 1.54) is 51.9 Å². The number of rotatable bonds is 7. The molecule has 0 bridgehead atoms. The number of halogens is 1. The largest absolute Gasteiger partial charge is 1.00 e. The molecule has 6 heteroatoms. The summed E-state index contributed by atoms with van der Waals surface area (Å²) in [5, 5.41) is 26.0. The third-order valence-electron chi connectivity index (χ3n) is 8.82. The smallest absolute Gasteiger partial charge is 0.381 e. The Hall–Kier alpha value is -4.37. The number of nitriles is 2. The van der Waals surface area contributed by atoms with Gasteiger partial charge in [-0.3, -0.25) is 0 Å². The van der Waals surface area contributed by atoms with Crippen molar-refractivity contribution in [2.45, 2.75) is 98.0 Å². The number of nitrogens with zero attached hydrogens (tertiary/aromatic N) is 2. The molecule has 0 aromatic heterocycles. The summed E-state index contributed by atoms with van der Waals surface area (Å²) in [7, 11) is 0. The fraction of sp³-hybridized carbons (Fsp3) is 0.327. The number of benzene rings is 6. The molecule has 1 fully saturated rings. The van der Waals surface area contributed by atoms with Crippen LogP contribution in [0.4, 0.5) is 0 Å². The second-order valence-corrected chi connectivity index (χ2v) is 14.5. The van der Waals surface area contributed by atoms with Crippen molar-refractivity contribution >= 4 is 33.1 Å². The SMILES string of the molecule is C1CCOC1.CC(C)NC(C)C.Cc1ccccc1C#N.ClCc1cccc2ccccc12.N#Cc1ccccc1CCc1cccc2ccccc12.[CH2-]CCC.[Li+]. The van der Waals surface area contributed by atoms with Gasteiger partial charge in [-0.05, 0) is 88.5 Å². The first kappa shape index (κ1) is 51.6. The van der Waals surface area contributed by atoms with Crippen LogP contribution in [0.5, 0.6) is 0 Å². The van der Waals surface area contributed by atoms with E-state index >= 15 is 0 Å². The summed E-state index contributed by atoms with van der Waals surface area (Å²) < 4.78 is 4.94. The van der Waals surface area contributed by atoms with Crippen molar-refractivity contribution < 1.29 is 23.6 Å². The number of alkyl halides is 1. The zero-order chi connectivity index (χ0) is 41.7. The van der Waals surface area contributed by atoms with E-state index < -0.39 is 0 Å². The summed E-state index contributed by atoms with van der Waals surface area (Å²) in [4.78, 5) is 0. The predicted octanol–water partition coefficient (Wildman–Crippen LogP) is 10.8. The number of unbranched alkanes of at least 4 members (excludes halogenated alkanes) is 1. The maximum atomic E-state index is 9.14. The van der Waals surface area contributed by atoms with Gasteiger partial charge >= 0.3 is 18.9 Å². The van der Waals surface area contributed by atoms with Gasteiger partial charge in [0.25, 0.3) is 0 Å². The minimum Gasteiger partial charge on any atom is -0.381 e. The van der Waals surface area contributed by atoms with E-state index in [2.05, 4.69) is 126 Å². The van der Waals surface area contributed by atoms with Crippen LogP contribution in [0.3, 0.4) is 0 Å². The summed E-state index contributed by atoms with van der Waals surface area (Å²) >= 11 is 5.81. The first-order valence-electron chi connectivity index (χ1n) is 20.2. The normalized spacial score (nSPS) is 11.0. The van der Waals surface area contributed by atoms with Gasteiger partial charge in [0, 0.05) is 31.2 Å². The van der Waals surface area contributed by atoms with Crippen LogP contribution in [0.25, 0.3) is 21.5 Å². The molecule has 300 valence electrons. The first-order valence-corrected chi connectivity index (χ1v) is 20.8. The fourth-order valence-electron chi connectivity index (χ4n) is 5.91. The summed E-state index contributed by atoms with van der Waals surface area (Å²) in [5.74, 6) is 0.585. The number of fused-ring (bicyclic) bond motifs is 2. The van der Waals surface area contributed by atoms with Crippen LogP contribution in [0.15, 0.2) is 133 Å². The average Bonchev–Trinajstić information content (AvgIpc) is 3.84. The van der Waals surface area contributed by atoms with Crippen LogP contribution in [0, 0.1) is 36.5 Å². The maximum absolute atomic E-state index is 9.14. The van der Waals surface area contributed by atoms with Crippen LogP contribution < -0.4 is 24.2 Å². The average molecular weight is 788 g/mol. The Bertz CT molecular complexity index is 2050. The molecule has 58 heavy (non-hydrogen) atoms. The molecule has 1 N–H and O–H groups in total. The van der Waals surface area contributed by atoms with E-state index in [1.807, 2.05) is 73.7 Å². The Kier molecular flexibility index (Phi) is 28.1. The third-order valence-corrected chi connectivity index (χ3v) is 9.11. The monoisotopic (exact) mass is 787 g/mol. The molecule has 6 aromatic carbocycles. The van der Waals surface area contributed by atoms with Crippen molar-refractivity contribution in [2.75, 3.05) is 13.2 Å². The molecule has 0 atom stereocenters. The molecule has 0 unspecified atom stereocenters. The first-order chi connectivity index (χ1) is 27.7. The summed E-state index contributed by atoms with van der Waals surface area (Å²) in [6, 6.07) is 50.4. The Labute approximate surface area is 367 Å². The summed E-state index contributed by atoms with van der Waals surface area (Å²) in [5.41, 5.74) is 6.26. The van der Waals surface area contributed by atoms with Gasteiger partial charge in [-0.1, -0.05) is 162 Å². The van der Waals surface area contributed by atoms with Crippen molar-refractivity contribution in [2.24, 2.45) is 0 Å². The Balaban J connectivity index is 0.000000381. The van der Waals surface area contributed by atoms with Crippen LogP contribution in [0.1, 0.15) is 93.7 Å². The van der Waals surface area contributed by atoms with Gasteiger partial charge in [-0.15, -0.1) is 11.6 Å². The van der Waals surface area contributed by atoms with Gasteiger partial charge < -0.3 is 17.0 Å². The molecule has 4 nitrogen and oxygen atoms in total. The zero-order valence-corrected chi connectivity index (χ0v) is 36.9. The van der Waals surface area contributed by atoms with Gasteiger partial charge in [0.2, 0.25) is 0 Å². The van der Waals surface area contributed by atoms with E-state index in [0.717, 1.165) is 54.7 Å². The quantitative estimate of drug-likeness (QED) is 0.0994. The molecular formula is C52H63ClLiN3O. The van der Waals surface area contributed by atoms with Crippen LogP contribution in [-0.2, 0) is 23.5 Å².